The van der Waals surface area contributed by atoms with Crippen molar-refractivity contribution in [3.05, 3.63) is 0 Å². The summed E-state index contributed by atoms with van der Waals surface area (Å²) in [6.07, 6.45) is 2.59. The van der Waals surface area contributed by atoms with Gasteiger partial charge in [0.25, 0.3) is 0 Å². The quantitative estimate of drug-likeness (QED) is 0.597. The Morgan fingerprint density at radius 3 is 1.11 bits per heavy atom. The highest BCUT2D eigenvalue weighted by molar-refractivity contribution is 5.85. The Hall–Kier alpha value is 0.580. The third-order valence-electron chi connectivity index (χ3n) is 1.91. The lowest BCUT2D eigenvalue weighted by molar-refractivity contribution is 0.338. The van der Waals surface area contributed by atoms with Crippen LogP contribution in [0, 0.1) is 5.41 Å². The van der Waals surface area contributed by atoms with E-state index >= 15 is 0 Å². The first-order chi connectivity index (χ1) is 3.12. The molecule has 0 rings (SSSR count). The summed E-state index contributed by atoms with van der Waals surface area (Å²) in [5, 5.41) is 0. The van der Waals surface area contributed by atoms with Gasteiger partial charge in [0.05, 0.1) is 0 Å². The van der Waals surface area contributed by atoms with E-state index in [1.54, 1.807) is 0 Å². The smallest absolute Gasteiger partial charge is 0.0359 e. The molecule has 0 aromatic heterocycles. The van der Waals surface area contributed by atoms with E-state index in [2.05, 4.69) is 27.7 Å². The van der Waals surface area contributed by atoms with Crippen molar-refractivity contribution < 1.29 is 0 Å². The van der Waals surface area contributed by atoms with E-state index in [9.17, 15) is 0 Å². The van der Waals surface area contributed by atoms with Gasteiger partial charge in [-0.05, 0) is 5.41 Å². The first-order valence-electron chi connectivity index (χ1n) is 3.12. The lowest BCUT2D eigenvalue weighted by Crippen LogP contribution is -2.05. The summed E-state index contributed by atoms with van der Waals surface area (Å²) in [4.78, 5) is 0. The molecule has 60 valence electrons. The van der Waals surface area contributed by atoms with Crippen molar-refractivity contribution in [3.63, 3.8) is 0 Å². The molecule has 2 heteroatoms. The van der Waals surface area contributed by atoms with Crippen LogP contribution in [0.4, 0.5) is 0 Å². The minimum absolute atomic E-state index is 0. The molecule has 0 aliphatic rings. The number of hydrogen-bond donors (Lipinski definition) is 0. The van der Waals surface area contributed by atoms with Crippen molar-refractivity contribution in [2.45, 2.75) is 40.5 Å². The predicted octanol–water partition coefficient (Wildman–Crippen LogP) is 3.68. The molecule has 0 aromatic rings. The first-order valence-corrected chi connectivity index (χ1v) is 3.12. The van der Waals surface area contributed by atoms with Gasteiger partial charge in [-0.3, -0.25) is 0 Å². The molecule has 0 N–H and O–H groups in total. The van der Waals surface area contributed by atoms with Gasteiger partial charge in [0, 0.05) is 0 Å². The van der Waals surface area contributed by atoms with Crippen molar-refractivity contribution >= 4 is 24.8 Å². The second-order valence-electron chi connectivity index (χ2n) is 2.87. The van der Waals surface area contributed by atoms with Gasteiger partial charge >= 0.3 is 0 Å². The van der Waals surface area contributed by atoms with Crippen molar-refractivity contribution in [1.82, 2.24) is 0 Å². The van der Waals surface area contributed by atoms with Crippen molar-refractivity contribution in [2.24, 2.45) is 5.41 Å². The molecule has 0 heterocycles. The van der Waals surface area contributed by atoms with Crippen molar-refractivity contribution in [2.75, 3.05) is 0 Å². The Balaban J connectivity index is -0.000000180. The zero-order valence-electron chi connectivity index (χ0n) is 6.73. The summed E-state index contributed by atoms with van der Waals surface area (Å²) in [5.41, 5.74) is 0.583. The fourth-order valence-electron chi connectivity index (χ4n) is 0.250. The molecule has 0 amide bonds. The maximum Gasteiger partial charge on any atom is -0.0359 e. The van der Waals surface area contributed by atoms with Crippen LogP contribution >= 0.6 is 24.8 Å². The average molecular weight is 173 g/mol. The third-order valence-corrected chi connectivity index (χ3v) is 1.91. The zero-order chi connectivity index (χ0) is 5.91. The van der Waals surface area contributed by atoms with Gasteiger partial charge in [0.2, 0.25) is 0 Å². The molecule has 0 spiro atoms. The van der Waals surface area contributed by atoms with E-state index in [1.807, 2.05) is 0 Å². The summed E-state index contributed by atoms with van der Waals surface area (Å²) >= 11 is 0. The van der Waals surface area contributed by atoms with Crippen LogP contribution in [-0.4, -0.2) is 0 Å². The second kappa shape index (κ2) is 6.70. The molecule has 0 saturated heterocycles. The largest absolute Gasteiger partial charge is 0.147 e. The lowest BCUT2D eigenvalue weighted by atomic mass is 9.88. The Bertz CT molecular complexity index is 44.9. The van der Waals surface area contributed by atoms with Crippen molar-refractivity contribution in [1.29, 1.82) is 0 Å². The van der Waals surface area contributed by atoms with Gasteiger partial charge in [-0.2, -0.15) is 0 Å². The Labute approximate surface area is 71.2 Å². The summed E-state index contributed by atoms with van der Waals surface area (Å²) in [7, 11) is 0. The van der Waals surface area contributed by atoms with E-state index in [4.69, 9.17) is 0 Å². The summed E-state index contributed by atoms with van der Waals surface area (Å²) < 4.78 is 0. The monoisotopic (exact) mass is 172 g/mol. The third kappa shape index (κ3) is 8.58. The van der Waals surface area contributed by atoms with Crippen LogP contribution < -0.4 is 0 Å². The molecular formula is C7H18Cl2. The average Bonchev–Trinajstić information content (AvgIpc) is 1.68. The minimum atomic E-state index is 0. The van der Waals surface area contributed by atoms with E-state index in [-0.39, 0.29) is 24.8 Å². The molecule has 0 aromatic carbocycles. The lowest BCUT2D eigenvalue weighted by Gasteiger charge is -2.18. The van der Waals surface area contributed by atoms with Crippen LogP contribution in [0.2, 0.25) is 0 Å². The van der Waals surface area contributed by atoms with Crippen LogP contribution in [0.3, 0.4) is 0 Å². The van der Waals surface area contributed by atoms with Gasteiger partial charge in [0.1, 0.15) is 0 Å². The maximum absolute atomic E-state index is 2.30. The summed E-state index contributed by atoms with van der Waals surface area (Å²) in [6, 6.07) is 0. The molecule has 0 nitrogen and oxygen atoms in total. The van der Waals surface area contributed by atoms with Gasteiger partial charge in [-0.15, -0.1) is 24.8 Å². The molecule has 0 bridgehead atoms. The Morgan fingerprint density at radius 2 is 1.11 bits per heavy atom. The van der Waals surface area contributed by atoms with Gasteiger partial charge in [-0.1, -0.05) is 40.5 Å². The highest BCUT2D eigenvalue weighted by atomic mass is 35.5. The van der Waals surface area contributed by atoms with E-state index in [1.165, 1.54) is 12.8 Å². The Morgan fingerprint density at radius 1 is 0.889 bits per heavy atom. The van der Waals surface area contributed by atoms with Crippen molar-refractivity contribution in [3.8, 4) is 0 Å². The Kier molecular flexibility index (Phi) is 12.1. The van der Waals surface area contributed by atoms with Crippen LogP contribution in [0.1, 0.15) is 40.5 Å². The summed E-state index contributed by atoms with van der Waals surface area (Å²) in [5.74, 6) is 0. The SMILES string of the molecule is CCC(C)(C)CC.Cl.Cl. The van der Waals surface area contributed by atoms with Gasteiger partial charge in [0.15, 0.2) is 0 Å². The highest BCUT2D eigenvalue weighted by Crippen LogP contribution is 2.22. The minimum Gasteiger partial charge on any atom is -0.147 e. The standard InChI is InChI=1S/C7H16.2ClH/c1-5-7(3,4)6-2;;/h5-6H2,1-4H3;2*1H. The van der Waals surface area contributed by atoms with Crippen LogP contribution in [-0.2, 0) is 0 Å². The van der Waals surface area contributed by atoms with Gasteiger partial charge in [-0.25, -0.2) is 0 Å². The molecule has 0 aliphatic heterocycles. The molecule has 0 saturated carbocycles. The number of rotatable bonds is 2. The second-order valence-corrected chi connectivity index (χ2v) is 2.87. The fraction of sp³-hybridized carbons (Fsp3) is 1.00. The predicted molar refractivity (Wildman–Crippen MR) is 48.9 cm³/mol. The van der Waals surface area contributed by atoms with Crippen LogP contribution in [0.15, 0.2) is 0 Å². The topological polar surface area (TPSA) is 0 Å². The maximum atomic E-state index is 2.30. The van der Waals surface area contributed by atoms with Crippen LogP contribution in [0.5, 0.6) is 0 Å². The zero-order valence-corrected chi connectivity index (χ0v) is 8.36. The number of halogens is 2. The van der Waals surface area contributed by atoms with E-state index in [0.717, 1.165) is 0 Å². The molecule has 9 heavy (non-hydrogen) atoms. The van der Waals surface area contributed by atoms with E-state index < -0.39 is 0 Å². The molecule has 0 aliphatic carbocycles. The first kappa shape index (κ1) is 16.3. The fourth-order valence-corrected chi connectivity index (χ4v) is 0.250. The highest BCUT2D eigenvalue weighted by Gasteiger charge is 2.09. The molecule has 0 fully saturated rings. The summed E-state index contributed by atoms with van der Waals surface area (Å²) in [6.45, 7) is 9.08. The molecule has 0 atom stereocenters. The molecular weight excluding hydrogens is 155 g/mol. The number of hydrogen-bond acceptors (Lipinski definition) is 0. The van der Waals surface area contributed by atoms with Crippen LogP contribution in [0.25, 0.3) is 0 Å². The molecule has 0 radical (unpaired) electrons. The normalized spacial score (nSPS) is 9.33. The van der Waals surface area contributed by atoms with E-state index in [0.29, 0.717) is 5.41 Å². The van der Waals surface area contributed by atoms with Gasteiger partial charge < -0.3 is 0 Å². The molecule has 0 unspecified atom stereocenters.